The lowest BCUT2D eigenvalue weighted by molar-refractivity contribution is 0.582. The third-order valence-electron chi connectivity index (χ3n) is 9.44. The molecule has 0 spiro atoms. The SMILES string of the molecule is CC1=CC2C(c3ccccc3)=CC=CC2C1[Si](C)(C)C1C2=C(CCCC2)C2=C1CCCC2. The molecule has 1 aromatic carbocycles. The van der Waals surface area contributed by atoms with Crippen LogP contribution in [0.15, 0.2) is 82.5 Å². The van der Waals surface area contributed by atoms with Gasteiger partial charge in [-0.3, -0.25) is 0 Å². The molecule has 6 rings (SSSR count). The highest BCUT2D eigenvalue weighted by Gasteiger charge is 2.53. The standard InChI is InChI=1S/C31H38Si/c1-21-20-29-23(22-12-5-4-6-13-22)18-11-19-28(29)30(21)32(2,3)31-26-16-9-7-14-24(26)25-15-8-10-17-27(25)31/h4-6,11-13,18-20,28-31H,7-10,14-17H2,1-3H3. The fourth-order valence-corrected chi connectivity index (χ4v) is 13.8. The Labute approximate surface area is 195 Å². The summed E-state index contributed by atoms with van der Waals surface area (Å²) in [6.07, 6.45) is 21.2. The lowest BCUT2D eigenvalue weighted by Gasteiger charge is -2.44. The lowest BCUT2D eigenvalue weighted by Crippen LogP contribution is -2.43. The van der Waals surface area contributed by atoms with E-state index in [1.165, 1.54) is 62.5 Å². The highest BCUT2D eigenvalue weighted by atomic mass is 28.3. The van der Waals surface area contributed by atoms with Crippen molar-refractivity contribution in [3.8, 4) is 0 Å². The van der Waals surface area contributed by atoms with Crippen molar-refractivity contribution in [1.29, 1.82) is 0 Å². The predicted molar refractivity (Wildman–Crippen MR) is 140 cm³/mol. The van der Waals surface area contributed by atoms with E-state index in [2.05, 4.69) is 74.7 Å². The molecule has 0 saturated carbocycles. The summed E-state index contributed by atoms with van der Waals surface area (Å²) in [6.45, 7) is 8.00. The van der Waals surface area contributed by atoms with Crippen molar-refractivity contribution in [3.63, 3.8) is 0 Å². The molecule has 0 N–H and O–H groups in total. The quantitative estimate of drug-likeness (QED) is 0.326. The molecular formula is C31H38Si. The smallest absolute Gasteiger partial charge is 0.0674 e. The molecule has 0 nitrogen and oxygen atoms in total. The second-order valence-corrected chi connectivity index (χ2v) is 16.4. The molecule has 0 aliphatic heterocycles. The number of hydrogen-bond acceptors (Lipinski definition) is 0. The van der Waals surface area contributed by atoms with Crippen LogP contribution in [0.3, 0.4) is 0 Å². The summed E-state index contributed by atoms with van der Waals surface area (Å²) in [4.78, 5) is 0. The van der Waals surface area contributed by atoms with Gasteiger partial charge in [-0.25, -0.2) is 0 Å². The second-order valence-electron chi connectivity index (χ2n) is 11.5. The molecule has 0 fully saturated rings. The molecule has 0 radical (unpaired) electrons. The zero-order chi connectivity index (χ0) is 21.9. The Balaban J connectivity index is 1.39. The van der Waals surface area contributed by atoms with Gasteiger partial charge in [-0.05, 0) is 97.6 Å². The van der Waals surface area contributed by atoms with Gasteiger partial charge in [0.2, 0.25) is 0 Å². The van der Waals surface area contributed by atoms with Crippen LogP contribution in [0.4, 0.5) is 0 Å². The first-order valence-corrected chi connectivity index (χ1v) is 16.3. The van der Waals surface area contributed by atoms with Crippen LogP contribution in [-0.2, 0) is 0 Å². The van der Waals surface area contributed by atoms with Crippen molar-refractivity contribution in [1.82, 2.24) is 0 Å². The molecular weight excluding hydrogens is 400 g/mol. The van der Waals surface area contributed by atoms with E-state index in [1.807, 2.05) is 22.3 Å². The maximum atomic E-state index is 2.76. The highest BCUT2D eigenvalue weighted by Crippen LogP contribution is 2.62. The van der Waals surface area contributed by atoms with Gasteiger partial charge in [0.25, 0.3) is 0 Å². The van der Waals surface area contributed by atoms with Gasteiger partial charge in [0, 0.05) is 5.92 Å². The fourth-order valence-electron chi connectivity index (χ4n) is 8.41. The first-order valence-electron chi connectivity index (χ1n) is 13.1. The normalized spacial score (nSPS) is 30.2. The average molecular weight is 439 g/mol. The van der Waals surface area contributed by atoms with Gasteiger partial charge in [0.05, 0.1) is 8.07 Å². The van der Waals surface area contributed by atoms with Gasteiger partial charge in [-0.15, -0.1) is 0 Å². The van der Waals surface area contributed by atoms with Crippen LogP contribution in [0.1, 0.15) is 63.9 Å². The second kappa shape index (κ2) is 7.87. The summed E-state index contributed by atoms with van der Waals surface area (Å²) in [5.41, 5.74) is 13.8. The minimum Gasteiger partial charge on any atom is -0.0802 e. The van der Waals surface area contributed by atoms with Crippen molar-refractivity contribution in [2.24, 2.45) is 11.8 Å². The largest absolute Gasteiger partial charge is 0.0802 e. The van der Waals surface area contributed by atoms with Crippen LogP contribution in [0.2, 0.25) is 24.2 Å². The fraction of sp³-hybridized carbons (Fsp3) is 0.484. The molecule has 5 aliphatic carbocycles. The number of allylic oxidation sites excluding steroid dienone is 10. The van der Waals surface area contributed by atoms with Crippen molar-refractivity contribution < 1.29 is 0 Å². The van der Waals surface area contributed by atoms with Gasteiger partial charge in [-0.2, -0.15) is 0 Å². The van der Waals surface area contributed by atoms with Crippen LogP contribution in [0, 0.1) is 11.8 Å². The Morgan fingerprint density at radius 1 is 0.812 bits per heavy atom. The summed E-state index contributed by atoms with van der Waals surface area (Å²) >= 11 is 0. The monoisotopic (exact) mass is 438 g/mol. The Morgan fingerprint density at radius 3 is 2.09 bits per heavy atom. The van der Waals surface area contributed by atoms with Crippen molar-refractivity contribution in [2.45, 2.75) is 82.5 Å². The van der Waals surface area contributed by atoms with E-state index in [1.54, 1.807) is 5.57 Å². The first kappa shape index (κ1) is 20.7. The summed E-state index contributed by atoms with van der Waals surface area (Å²) in [5, 5.41) is 0. The Hall–Kier alpha value is -1.86. The molecule has 1 heteroatoms. The highest BCUT2D eigenvalue weighted by molar-refractivity contribution is 6.82. The molecule has 32 heavy (non-hydrogen) atoms. The molecule has 5 aliphatic rings. The summed E-state index contributed by atoms with van der Waals surface area (Å²) in [6, 6.07) is 11.1. The Bertz CT molecular complexity index is 1040. The van der Waals surface area contributed by atoms with Crippen molar-refractivity contribution >= 4 is 13.6 Å². The molecule has 0 aromatic heterocycles. The summed E-state index contributed by atoms with van der Waals surface area (Å²) < 4.78 is 0. The number of fused-ring (bicyclic) bond motifs is 2. The molecule has 1 aromatic rings. The van der Waals surface area contributed by atoms with Crippen molar-refractivity contribution in [3.05, 3.63) is 88.1 Å². The van der Waals surface area contributed by atoms with E-state index in [0.717, 1.165) is 11.1 Å². The number of benzene rings is 1. The van der Waals surface area contributed by atoms with Gasteiger partial charge in [-0.1, -0.05) is 84.4 Å². The van der Waals surface area contributed by atoms with E-state index in [-0.39, 0.29) is 0 Å². The lowest BCUT2D eigenvalue weighted by atomic mass is 9.81. The zero-order valence-corrected chi connectivity index (χ0v) is 21.2. The van der Waals surface area contributed by atoms with Gasteiger partial charge >= 0.3 is 0 Å². The topological polar surface area (TPSA) is 0 Å². The Kier molecular flexibility index (Phi) is 5.10. The molecule has 3 unspecified atom stereocenters. The van der Waals surface area contributed by atoms with Crippen LogP contribution in [0.25, 0.3) is 5.57 Å². The van der Waals surface area contributed by atoms with E-state index in [0.29, 0.717) is 11.8 Å². The average Bonchev–Trinajstić information content (AvgIpc) is 3.34. The van der Waals surface area contributed by atoms with Crippen LogP contribution in [-0.4, -0.2) is 8.07 Å². The summed E-state index contributed by atoms with van der Waals surface area (Å²) in [7, 11) is -1.62. The maximum absolute atomic E-state index is 2.76. The third kappa shape index (κ3) is 3.07. The number of rotatable bonds is 3. The predicted octanol–water partition coefficient (Wildman–Crippen LogP) is 9.04. The van der Waals surface area contributed by atoms with E-state index >= 15 is 0 Å². The zero-order valence-electron chi connectivity index (χ0n) is 20.2. The maximum Gasteiger partial charge on any atom is 0.0674 e. The Morgan fingerprint density at radius 2 is 1.44 bits per heavy atom. The molecule has 0 saturated heterocycles. The minimum absolute atomic E-state index is 0.556. The molecule has 3 atom stereocenters. The van der Waals surface area contributed by atoms with Gasteiger partial charge < -0.3 is 0 Å². The number of hydrogen-bond donors (Lipinski definition) is 0. The van der Waals surface area contributed by atoms with Crippen LogP contribution >= 0.6 is 0 Å². The third-order valence-corrected chi connectivity index (χ3v) is 14.1. The van der Waals surface area contributed by atoms with E-state index < -0.39 is 8.07 Å². The molecule has 0 bridgehead atoms. The molecule has 0 amide bonds. The van der Waals surface area contributed by atoms with Gasteiger partial charge in [0.1, 0.15) is 0 Å². The molecule has 0 heterocycles. The van der Waals surface area contributed by atoms with Crippen LogP contribution < -0.4 is 0 Å². The van der Waals surface area contributed by atoms with Crippen molar-refractivity contribution in [2.75, 3.05) is 0 Å². The summed E-state index contributed by atoms with van der Waals surface area (Å²) in [5.74, 6) is 1.21. The minimum atomic E-state index is -1.62. The van der Waals surface area contributed by atoms with Crippen LogP contribution in [0.5, 0.6) is 0 Å². The van der Waals surface area contributed by atoms with Gasteiger partial charge in [0.15, 0.2) is 0 Å². The molecule has 166 valence electrons. The van der Waals surface area contributed by atoms with E-state index in [4.69, 9.17) is 0 Å². The first-order chi connectivity index (χ1) is 15.6. The van der Waals surface area contributed by atoms with E-state index in [9.17, 15) is 0 Å².